The number of halogens is 1. The summed E-state index contributed by atoms with van der Waals surface area (Å²) in [6.45, 7) is 3.92. The average Bonchev–Trinajstić information content (AvgIpc) is 2.28. The van der Waals surface area contributed by atoms with Gasteiger partial charge in [0.05, 0.1) is 12.8 Å². The highest BCUT2D eigenvalue weighted by atomic mass is 35.5. The van der Waals surface area contributed by atoms with Gasteiger partial charge in [0.15, 0.2) is 0 Å². The maximum Gasteiger partial charge on any atom is 0.226 e. The first-order valence-electron chi connectivity index (χ1n) is 5.70. The van der Waals surface area contributed by atoms with E-state index in [0.29, 0.717) is 22.9 Å². The smallest absolute Gasteiger partial charge is 0.226 e. The van der Waals surface area contributed by atoms with Crippen LogP contribution in [0.15, 0.2) is 18.2 Å². The topological polar surface area (TPSA) is 50.4 Å². The van der Waals surface area contributed by atoms with Gasteiger partial charge in [0.2, 0.25) is 5.91 Å². The first-order chi connectivity index (χ1) is 8.38. The molecule has 0 radical (unpaired) electrons. The Bertz CT molecular complexity index is 433. The van der Waals surface area contributed by atoms with Crippen LogP contribution in [0.2, 0.25) is 5.02 Å². The summed E-state index contributed by atoms with van der Waals surface area (Å²) in [5.41, 5.74) is 0.331. The molecule has 0 aliphatic carbocycles. The molecule has 0 unspecified atom stereocenters. The molecule has 4 nitrogen and oxygen atoms in total. The molecule has 0 fully saturated rings. The molecule has 100 valence electrons. The molecule has 1 aromatic rings. The molecule has 1 aromatic carbocycles. The highest BCUT2D eigenvalue weighted by molar-refractivity contribution is 6.31. The van der Waals surface area contributed by atoms with Gasteiger partial charge in [0, 0.05) is 17.0 Å². The highest BCUT2D eigenvalue weighted by Crippen LogP contribution is 2.28. The number of benzene rings is 1. The molecule has 5 heteroatoms. The monoisotopic (exact) mass is 270 g/mol. The normalized spacial score (nSPS) is 11.2. The molecule has 0 aromatic heterocycles. The molecule has 0 spiro atoms. The number of methoxy groups -OCH3 is 1. The minimum absolute atomic E-state index is 0.0880. The van der Waals surface area contributed by atoms with Crippen molar-refractivity contribution in [2.24, 2.45) is 0 Å². The number of hydrogen-bond donors (Lipinski definition) is 2. The number of carbonyl (C=O) groups is 1. The number of nitrogens with one attached hydrogen (secondary N) is 2. The van der Waals surface area contributed by atoms with E-state index in [1.165, 1.54) is 0 Å². The molecule has 0 heterocycles. The van der Waals surface area contributed by atoms with Gasteiger partial charge in [-0.15, -0.1) is 0 Å². The van der Waals surface area contributed by atoms with Gasteiger partial charge in [-0.3, -0.25) is 4.79 Å². The van der Waals surface area contributed by atoms with Crippen molar-refractivity contribution in [1.82, 2.24) is 5.32 Å². The average molecular weight is 271 g/mol. The summed E-state index contributed by atoms with van der Waals surface area (Å²) < 4.78 is 5.17. The van der Waals surface area contributed by atoms with Crippen molar-refractivity contribution >= 4 is 23.2 Å². The standard InChI is InChI=1S/C13H19ClN2O2/c1-13(2,15-3)8-12(17)16-10-7-9(14)5-6-11(10)18-4/h5-7,15H,8H2,1-4H3,(H,16,17). The summed E-state index contributed by atoms with van der Waals surface area (Å²) in [4.78, 5) is 11.9. The Kier molecular flexibility index (Phi) is 4.99. The van der Waals surface area contributed by atoms with Gasteiger partial charge in [-0.05, 0) is 39.1 Å². The quantitative estimate of drug-likeness (QED) is 0.865. The fraction of sp³-hybridized carbons (Fsp3) is 0.462. The lowest BCUT2D eigenvalue weighted by Gasteiger charge is -2.23. The Morgan fingerprint density at radius 2 is 2.11 bits per heavy atom. The fourth-order valence-electron chi connectivity index (χ4n) is 1.46. The minimum Gasteiger partial charge on any atom is -0.495 e. The number of amides is 1. The molecule has 0 saturated heterocycles. The molecular formula is C13H19ClN2O2. The van der Waals surface area contributed by atoms with E-state index in [-0.39, 0.29) is 11.4 Å². The van der Waals surface area contributed by atoms with Gasteiger partial charge in [0.1, 0.15) is 5.75 Å². The van der Waals surface area contributed by atoms with Crippen LogP contribution in [0, 0.1) is 0 Å². The fourth-order valence-corrected chi connectivity index (χ4v) is 1.63. The summed E-state index contributed by atoms with van der Waals surface area (Å²) in [6, 6.07) is 5.11. The van der Waals surface area contributed by atoms with Crippen LogP contribution >= 0.6 is 11.6 Å². The lowest BCUT2D eigenvalue weighted by Crippen LogP contribution is -2.39. The van der Waals surface area contributed by atoms with Gasteiger partial charge >= 0.3 is 0 Å². The number of rotatable bonds is 5. The molecule has 1 rings (SSSR count). The van der Waals surface area contributed by atoms with Crippen molar-refractivity contribution in [1.29, 1.82) is 0 Å². The Morgan fingerprint density at radius 1 is 1.44 bits per heavy atom. The number of anilines is 1. The maximum absolute atomic E-state index is 11.9. The van der Waals surface area contributed by atoms with Gasteiger partial charge in [0.25, 0.3) is 0 Å². The maximum atomic E-state index is 11.9. The minimum atomic E-state index is -0.254. The van der Waals surface area contributed by atoms with E-state index in [9.17, 15) is 4.79 Å². The Balaban J connectivity index is 2.78. The third kappa shape index (κ3) is 4.20. The van der Waals surface area contributed by atoms with Crippen LogP contribution in [0.1, 0.15) is 20.3 Å². The van der Waals surface area contributed by atoms with Crippen LogP contribution in [-0.4, -0.2) is 25.6 Å². The number of ether oxygens (including phenoxy) is 1. The molecule has 0 aliphatic rings. The first-order valence-corrected chi connectivity index (χ1v) is 6.08. The zero-order valence-corrected chi connectivity index (χ0v) is 11.9. The van der Waals surface area contributed by atoms with Crippen LogP contribution in [0.3, 0.4) is 0 Å². The molecule has 0 saturated carbocycles. The molecular weight excluding hydrogens is 252 g/mol. The van der Waals surface area contributed by atoms with Crippen LogP contribution < -0.4 is 15.4 Å². The SMILES string of the molecule is CNC(C)(C)CC(=O)Nc1cc(Cl)ccc1OC. The van der Waals surface area contributed by atoms with E-state index >= 15 is 0 Å². The summed E-state index contributed by atoms with van der Waals surface area (Å²) in [7, 11) is 3.38. The van der Waals surface area contributed by atoms with E-state index in [2.05, 4.69) is 10.6 Å². The summed E-state index contributed by atoms with van der Waals surface area (Å²) in [6.07, 6.45) is 0.360. The Hall–Kier alpha value is -1.26. The lowest BCUT2D eigenvalue weighted by molar-refractivity contribution is -0.117. The molecule has 2 N–H and O–H groups in total. The van der Waals surface area contributed by atoms with Crippen LogP contribution in [0.5, 0.6) is 5.75 Å². The Labute approximate surface area is 113 Å². The zero-order valence-electron chi connectivity index (χ0n) is 11.1. The zero-order chi connectivity index (χ0) is 13.8. The number of carbonyl (C=O) groups excluding carboxylic acids is 1. The third-order valence-electron chi connectivity index (χ3n) is 2.71. The van der Waals surface area contributed by atoms with Crippen LogP contribution in [-0.2, 0) is 4.79 Å². The molecule has 18 heavy (non-hydrogen) atoms. The van der Waals surface area contributed by atoms with Crippen molar-refractivity contribution in [2.45, 2.75) is 25.8 Å². The second kappa shape index (κ2) is 6.07. The van der Waals surface area contributed by atoms with Crippen molar-refractivity contribution in [3.8, 4) is 5.75 Å². The van der Waals surface area contributed by atoms with E-state index in [4.69, 9.17) is 16.3 Å². The summed E-state index contributed by atoms with van der Waals surface area (Å²) in [5, 5.41) is 6.44. The predicted octanol–water partition coefficient (Wildman–Crippen LogP) is 2.68. The third-order valence-corrected chi connectivity index (χ3v) is 2.95. The largest absolute Gasteiger partial charge is 0.495 e. The van der Waals surface area contributed by atoms with Gasteiger partial charge in [-0.25, -0.2) is 0 Å². The van der Waals surface area contributed by atoms with Crippen molar-refractivity contribution in [3.63, 3.8) is 0 Å². The molecule has 0 atom stereocenters. The van der Waals surface area contributed by atoms with Gasteiger partial charge in [-0.1, -0.05) is 11.6 Å². The van der Waals surface area contributed by atoms with Gasteiger partial charge < -0.3 is 15.4 Å². The van der Waals surface area contributed by atoms with Crippen molar-refractivity contribution in [2.75, 3.05) is 19.5 Å². The van der Waals surface area contributed by atoms with Crippen molar-refractivity contribution < 1.29 is 9.53 Å². The van der Waals surface area contributed by atoms with E-state index in [1.54, 1.807) is 25.3 Å². The van der Waals surface area contributed by atoms with Crippen LogP contribution in [0.4, 0.5) is 5.69 Å². The molecule has 0 aliphatic heterocycles. The van der Waals surface area contributed by atoms with Gasteiger partial charge in [-0.2, -0.15) is 0 Å². The van der Waals surface area contributed by atoms with E-state index in [0.717, 1.165) is 0 Å². The number of hydrogen-bond acceptors (Lipinski definition) is 3. The highest BCUT2D eigenvalue weighted by Gasteiger charge is 2.20. The summed E-state index contributed by atoms with van der Waals surface area (Å²) >= 11 is 5.90. The van der Waals surface area contributed by atoms with E-state index < -0.39 is 0 Å². The van der Waals surface area contributed by atoms with Crippen LogP contribution in [0.25, 0.3) is 0 Å². The first kappa shape index (κ1) is 14.8. The Morgan fingerprint density at radius 3 is 2.67 bits per heavy atom. The molecule has 0 bridgehead atoms. The second-order valence-electron chi connectivity index (χ2n) is 4.70. The van der Waals surface area contributed by atoms with E-state index in [1.807, 2.05) is 20.9 Å². The van der Waals surface area contributed by atoms with Crippen molar-refractivity contribution in [3.05, 3.63) is 23.2 Å². The lowest BCUT2D eigenvalue weighted by atomic mass is 10.0. The summed E-state index contributed by atoms with van der Waals surface area (Å²) in [5.74, 6) is 0.505. The second-order valence-corrected chi connectivity index (χ2v) is 5.14. The predicted molar refractivity (Wildman–Crippen MR) is 74.4 cm³/mol. The molecule has 1 amide bonds.